The van der Waals surface area contributed by atoms with Crippen LogP contribution in [0.3, 0.4) is 0 Å². The van der Waals surface area contributed by atoms with E-state index < -0.39 is 0 Å². The van der Waals surface area contributed by atoms with Gasteiger partial charge in [-0.05, 0) is 52.9 Å². The fourth-order valence-electron chi connectivity index (χ4n) is 5.61. The topological polar surface area (TPSA) is 24.9 Å². The van der Waals surface area contributed by atoms with E-state index in [1.165, 1.54) is 33.6 Å². The quantitative estimate of drug-likeness (QED) is 0.561. The van der Waals surface area contributed by atoms with Crippen LogP contribution in [0.2, 0.25) is 0 Å². The molecule has 0 bridgehead atoms. The van der Waals surface area contributed by atoms with Crippen molar-refractivity contribution >= 4 is 17.5 Å². The molecular weight excluding hydrogens is 420 g/mol. The van der Waals surface area contributed by atoms with Crippen LogP contribution in [-0.4, -0.2) is 52.6 Å². The highest BCUT2D eigenvalue weighted by Crippen LogP contribution is 2.43. The van der Waals surface area contributed by atoms with Crippen molar-refractivity contribution in [1.29, 1.82) is 0 Å². The van der Waals surface area contributed by atoms with Crippen molar-refractivity contribution in [3.8, 4) is 0 Å². The van der Waals surface area contributed by atoms with Crippen molar-refractivity contribution in [2.24, 2.45) is 0 Å². The van der Waals surface area contributed by atoms with Crippen molar-refractivity contribution in [1.82, 2.24) is 0 Å². The predicted molar refractivity (Wildman–Crippen MR) is 139 cm³/mol. The van der Waals surface area contributed by atoms with Crippen LogP contribution in [0.15, 0.2) is 78.9 Å². The van der Waals surface area contributed by atoms with Gasteiger partial charge in [-0.25, -0.2) is 0 Å². The first-order chi connectivity index (χ1) is 16.8. The van der Waals surface area contributed by atoms with E-state index in [1.54, 1.807) is 0 Å². The third kappa shape index (κ3) is 4.02. The van der Waals surface area contributed by atoms with Gasteiger partial charge in [0, 0.05) is 43.0 Å². The van der Waals surface area contributed by atoms with Crippen molar-refractivity contribution in [3.63, 3.8) is 0 Å². The normalized spacial score (nSPS) is 22.5. The number of rotatable bonds is 4. The monoisotopic (exact) mass is 452 g/mol. The summed E-state index contributed by atoms with van der Waals surface area (Å²) in [4.78, 5) is 4.87. The zero-order valence-corrected chi connectivity index (χ0v) is 19.7. The molecule has 3 aliphatic rings. The third-order valence-electron chi connectivity index (χ3n) is 7.57. The van der Waals surface area contributed by atoms with Crippen LogP contribution in [0.5, 0.6) is 0 Å². The Labute approximate surface area is 202 Å². The summed E-state index contributed by atoms with van der Waals surface area (Å²) >= 11 is 0. The molecule has 2 aliphatic heterocycles. The summed E-state index contributed by atoms with van der Waals surface area (Å²) in [7, 11) is 0. The molecule has 0 amide bonds. The second-order valence-electron chi connectivity index (χ2n) is 9.48. The Morgan fingerprint density at radius 2 is 1.21 bits per heavy atom. The highest BCUT2D eigenvalue weighted by atomic mass is 16.5. The van der Waals surface area contributed by atoms with Crippen molar-refractivity contribution < 1.29 is 9.47 Å². The van der Waals surface area contributed by atoms with Gasteiger partial charge in [0.15, 0.2) is 0 Å². The third-order valence-corrected chi connectivity index (χ3v) is 7.57. The summed E-state index contributed by atoms with van der Waals surface area (Å²) in [5.41, 5.74) is 7.83. The molecule has 2 fully saturated rings. The Morgan fingerprint density at radius 1 is 0.618 bits per heavy atom. The number of benzene rings is 3. The van der Waals surface area contributed by atoms with E-state index in [4.69, 9.17) is 9.47 Å². The maximum Gasteiger partial charge on any atom is 0.0642 e. The molecule has 4 heteroatoms. The lowest BCUT2D eigenvalue weighted by Gasteiger charge is -2.37. The fraction of sp³-hybridized carbons (Fsp3) is 0.333. The molecule has 0 aromatic heterocycles. The molecular formula is C30H32N2O2. The minimum Gasteiger partial charge on any atom is -0.378 e. The molecule has 1 atom stereocenters. The van der Waals surface area contributed by atoms with E-state index in [9.17, 15) is 0 Å². The van der Waals surface area contributed by atoms with E-state index in [-0.39, 0.29) is 5.41 Å². The number of hydrogen-bond donors (Lipinski definition) is 0. The summed E-state index contributed by atoms with van der Waals surface area (Å²) in [5, 5.41) is 0. The summed E-state index contributed by atoms with van der Waals surface area (Å²) in [6.45, 7) is 7.06. The van der Waals surface area contributed by atoms with Gasteiger partial charge in [-0.3, -0.25) is 0 Å². The first-order valence-corrected chi connectivity index (χ1v) is 12.5. The maximum atomic E-state index is 5.57. The van der Waals surface area contributed by atoms with E-state index in [2.05, 4.69) is 94.7 Å². The second kappa shape index (κ2) is 9.28. The van der Waals surface area contributed by atoms with Crippen LogP contribution in [0, 0.1) is 0 Å². The molecule has 0 saturated carbocycles. The largest absolute Gasteiger partial charge is 0.378 e. The number of nitrogens with zero attached hydrogens (tertiary/aromatic N) is 2. The van der Waals surface area contributed by atoms with Crippen LogP contribution < -0.4 is 9.80 Å². The van der Waals surface area contributed by atoms with Gasteiger partial charge in [0.05, 0.1) is 26.4 Å². The second-order valence-corrected chi connectivity index (χ2v) is 9.48. The van der Waals surface area contributed by atoms with Crippen molar-refractivity contribution in [2.45, 2.75) is 11.8 Å². The van der Waals surface area contributed by atoms with Gasteiger partial charge >= 0.3 is 0 Å². The molecule has 3 aromatic carbocycles. The van der Waals surface area contributed by atoms with Gasteiger partial charge in [-0.2, -0.15) is 0 Å². The van der Waals surface area contributed by atoms with Gasteiger partial charge in [0.2, 0.25) is 0 Å². The number of allylic oxidation sites excluding steroid dienone is 1. The lowest BCUT2D eigenvalue weighted by Crippen LogP contribution is -2.36. The first kappa shape index (κ1) is 21.5. The van der Waals surface area contributed by atoms with E-state index in [1.807, 2.05) is 0 Å². The molecule has 2 saturated heterocycles. The van der Waals surface area contributed by atoms with Gasteiger partial charge in [-0.15, -0.1) is 0 Å². The van der Waals surface area contributed by atoms with Crippen LogP contribution in [0.25, 0.3) is 6.08 Å². The minimum atomic E-state index is -0.179. The Balaban J connectivity index is 1.37. The highest BCUT2D eigenvalue weighted by molar-refractivity contribution is 5.68. The molecule has 2 heterocycles. The molecule has 34 heavy (non-hydrogen) atoms. The van der Waals surface area contributed by atoms with Crippen LogP contribution in [0.1, 0.15) is 22.3 Å². The van der Waals surface area contributed by atoms with E-state index >= 15 is 0 Å². The lowest BCUT2D eigenvalue weighted by atomic mass is 9.67. The minimum absolute atomic E-state index is 0.179. The van der Waals surface area contributed by atoms with Crippen LogP contribution >= 0.6 is 0 Å². The fourth-order valence-corrected chi connectivity index (χ4v) is 5.61. The van der Waals surface area contributed by atoms with Gasteiger partial charge in [0.1, 0.15) is 0 Å². The SMILES string of the molecule is C1=CC(c2ccccc2)(c2ccc(N3CCOCC3)cc2)Cc2cc(N3CCOCC3)ccc21. The maximum absolute atomic E-state index is 5.57. The predicted octanol–water partition coefficient (Wildman–Crippen LogP) is 4.92. The zero-order chi connectivity index (χ0) is 22.8. The molecule has 4 nitrogen and oxygen atoms in total. The highest BCUT2D eigenvalue weighted by Gasteiger charge is 2.35. The average molecular weight is 453 g/mol. The Morgan fingerprint density at radius 3 is 1.88 bits per heavy atom. The number of morpholine rings is 2. The molecule has 0 N–H and O–H groups in total. The lowest BCUT2D eigenvalue weighted by molar-refractivity contribution is 0.122. The molecule has 0 spiro atoms. The van der Waals surface area contributed by atoms with Crippen LogP contribution in [-0.2, 0) is 21.3 Å². The number of ether oxygens (including phenoxy) is 2. The number of hydrogen-bond acceptors (Lipinski definition) is 4. The van der Waals surface area contributed by atoms with Gasteiger partial charge in [0.25, 0.3) is 0 Å². The van der Waals surface area contributed by atoms with Gasteiger partial charge < -0.3 is 19.3 Å². The summed E-state index contributed by atoms with van der Waals surface area (Å²) in [6, 6.07) is 27.2. The average Bonchev–Trinajstić information content (AvgIpc) is 2.94. The molecule has 6 rings (SSSR count). The molecule has 174 valence electrons. The Kier molecular flexibility index (Phi) is 5.86. The Hall–Kier alpha value is -3.08. The van der Waals surface area contributed by atoms with Gasteiger partial charge in [-0.1, -0.05) is 60.7 Å². The van der Waals surface area contributed by atoms with Crippen LogP contribution in [0.4, 0.5) is 11.4 Å². The molecule has 1 aliphatic carbocycles. The molecule has 1 unspecified atom stereocenters. The smallest absolute Gasteiger partial charge is 0.0642 e. The number of fused-ring (bicyclic) bond motifs is 1. The number of anilines is 2. The summed E-state index contributed by atoms with van der Waals surface area (Å²) in [5.74, 6) is 0. The summed E-state index contributed by atoms with van der Waals surface area (Å²) in [6.07, 6.45) is 5.70. The molecule has 0 radical (unpaired) electrons. The zero-order valence-electron chi connectivity index (χ0n) is 19.7. The van der Waals surface area contributed by atoms with E-state index in [0.29, 0.717) is 0 Å². The first-order valence-electron chi connectivity index (χ1n) is 12.5. The molecule has 3 aromatic rings. The standard InChI is InChI=1S/C30H32N2O2/c1-2-4-26(5-3-1)30(27-7-10-28(11-8-27)31-14-18-33-19-15-31)13-12-24-6-9-29(22-25(24)23-30)32-16-20-34-21-17-32/h1-13,22H,14-21,23H2. The van der Waals surface area contributed by atoms with E-state index in [0.717, 1.165) is 59.0 Å². The van der Waals surface area contributed by atoms with Crippen molar-refractivity contribution in [3.05, 3.63) is 101 Å². The van der Waals surface area contributed by atoms with Crippen molar-refractivity contribution in [2.75, 3.05) is 62.4 Å². The summed E-state index contributed by atoms with van der Waals surface area (Å²) < 4.78 is 11.1. The Bertz CT molecular complexity index is 1150.